The summed E-state index contributed by atoms with van der Waals surface area (Å²) in [6.07, 6.45) is 0. The summed E-state index contributed by atoms with van der Waals surface area (Å²) in [5, 5.41) is 2.55. The largest absolute Gasteiger partial charge is 0.294 e. The Kier molecular flexibility index (Phi) is 3.25. The molecule has 2 rings (SSSR count). The molecule has 0 aliphatic rings. The number of carbonyl (C=O) groups is 1. The number of hydrogen-bond acceptors (Lipinski definition) is 1. The molecule has 0 atom stereocenters. The number of hydrogen-bond donors (Lipinski definition) is 0. The monoisotopic (exact) mass is 254 g/mol. The van der Waals surface area contributed by atoms with Gasteiger partial charge in [-0.3, -0.25) is 4.79 Å². The van der Waals surface area contributed by atoms with Crippen molar-refractivity contribution in [3.63, 3.8) is 0 Å². The Morgan fingerprint density at radius 2 is 1.32 bits per heavy atom. The zero-order chi connectivity index (χ0) is 14.5. The lowest BCUT2D eigenvalue weighted by molar-refractivity contribution is 0.101. The molecule has 1 nitrogen and oxygen atoms in total. The predicted octanol–water partition coefficient (Wildman–Crippen LogP) is 4.89. The highest BCUT2D eigenvalue weighted by atomic mass is 16.1. The van der Waals surface area contributed by atoms with E-state index in [9.17, 15) is 4.79 Å². The van der Waals surface area contributed by atoms with Crippen molar-refractivity contribution in [2.24, 2.45) is 0 Å². The number of carbonyl (C=O) groups excluding carboxylic acids is 1. The smallest absolute Gasteiger partial charge is 0.160 e. The zero-order valence-corrected chi connectivity index (χ0v) is 13.0. The molecular formula is C18H22O. The van der Waals surface area contributed by atoms with Crippen molar-refractivity contribution in [2.75, 3.05) is 0 Å². The van der Waals surface area contributed by atoms with Gasteiger partial charge in [0.05, 0.1) is 0 Å². The average Bonchev–Trinajstić information content (AvgIpc) is 2.32. The summed E-state index contributed by atoms with van der Waals surface area (Å²) in [5.74, 6) is 0.163. The van der Waals surface area contributed by atoms with E-state index in [1.165, 1.54) is 33.0 Å². The second-order valence-electron chi connectivity index (χ2n) is 5.67. The van der Waals surface area contributed by atoms with E-state index in [0.29, 0.717) is 0 Å². The first-order chi connectivity index (χ1) is 8.77. The minimum absolute atomic E-state index is 0.163. The molecule has 0 saturated carbocycles. The Balaban J connectivity index is 3.12. The molecule has 0 amide bonds. The van der Waals surface area contributed by atoms with Gasteiger partial charge in [0.15, 0.2) is 5.78 Å². The number of rotatable bonds is 1. The molecule has 1 heteroatoms. The summed E-state index contributed by atoms with van der Waals surface area (Å²) in [4.78, 5) is 11.9. The van der Waals surface area contributed by atoms with Gasteiger partial charge in [0, 0.05) is 5.56 Å². The summed E-state index contributed by atoms with van der Waals surface area (Å²) >= 11 is 0. The Morgan fingerprint density at radius 3 is 1.84 bits per heavy atom. The number of Topliss-reactive ketones (excluding diaryl/α,β-unsaturated/α-hetero) is 1. The van der Waals surface area contributed by atoms with Crippen molar-refractivity contribution in [1.82, 2.24) is 0 Å². The van der Waals surface area contributed by atoms with Crippen LogP contribution in [-0.4, -0.2) is 5.78 Å². The van der Waals surface area contributed by atoms with Crippen LogP contribution < -0.4 is 0 Å². The van der Waals surface area contributed by atoms with E-state index in [-0.39, 0.29) is 5.78 Å². The van der Waals surface area contributed by atoms with Gasteiger partial charge < -0.3 is 0 Å². The van der Waals surface area contributed by atoms with E-state index in [0.717, 1.165) is 16.7 Å². The molecule has 0 aliphatic heterocycles. The second-order valence-corrected chi connectivity index (χ2v) is 5.67. The molecular weight excluding hydrogens is 232 g/mol. The number of fused-ring (bicyclic) bond motifs is 1. The van der Waals surface area contributed by atoms with Crippen molar-refractivity contribution >= 4 is 16.6 Å². The number of ketones is 1. The van der Waals surface area contributed by atoms with Crippen molar-refractivity contribution in [3.05, 3.63) is 45.0 Å². The van der Waals surface area contributed by atoms with Gasteiger partial charge in [0.25, 0.3) is 0 Å². The van der Waals surface area contributed by atoms with Gasteiger partial charge in [-0.1, -0.05) is 6.07 Å². The van der Waals surface area contributed by atoms with E-state index in [2.05, 4.69) is 47.6 Å². The lowest BCUT2D eigenvalue weighted by Crippen LogP contribution is -2.05. The fourth-order valence-electron chi connectivity index (χ4n) is 3.18. The maximum Gasteiger partial charge on any atom is 0.160 e. The molecule has 0 saturated heterocycles. The summed E-state index contributed by atoms with van der Waals surface area (Å²) < 4.78 is 0. The van der Waals surface area contributed by atoms with Crippen LogP contribution >= 0.6 is 0 Å². The minimum Gasteiger partial charge on any atom is -0.294 e. The molecule has 0 radical (unpaired) electrons. The van der Waals surface area contributed by atoms with Crippen LogP contribution in [0.2, 0.25) is 0 Å². The lowest BCUT2D eigenvalue weighted by atomic mass is 9.85. The fraction of sp³-hybridized carbons (Fsp3) is 0.389. The quantitative estimate of drug-likeness (QED) is 0.662. The molecule has 0 N–H and O–H groups in total. The molecule has 19 heavy (non-hydrogen) atoms. The Hall–Kier alpha value is -1.63. The summed E-state index contributed by atoms with van der Waals surface area (Å²) in [7, 11) is 0. The zero-order valence-electron chi connectivity index (χ0n) is 13.0. The van der Waals surface area contributed by atoms with Gasteiger partial charge in [0.1, 0.15) is 0 Å². The highest BCUT2D eigenvalue weighted by molar-refractivity contribution is 6.05. The fourth-order valence-corrected chi connectivity index (χ4v) is 3.18. The third-order valence-corrected chi connectivity index (χ3v) is 4.60. The van der Waals surface area contributed by atoms with Crippen LogP contribution in [0, 0.1) is 41.5 Å². The van der Waals surface area contributed by atoms with Gasteiger partial charge in [-0.15, -0.1) is 0 Å². The van der Waals surface area contributed by atoms with Gasteiger partial charge in [-0.2, -0.15) is 0 Å². The van der Waals surface area contributed by atoms with Crippen LogP contribution in [0.3, 0.4) is 0 Å². The molecule has 0 bridgehead atoms. The maximum absolute atomic E-state index is 11.9. The van der Waals surface area contributed by atoms with E-state index in [1.54, 1.807) is 6.92 Å². The number of aryl methyl sites for hydroxylation is 4. The van der Waals surface area contributed by atoms with Gasteiger partial charge in [-0.25, -0.2) is 0 Å². The average molecular weight is 254 g/mol. The van der Waals surface area contributed by atoms with Gasteiger partial charge in [0.2, 0.25) is 0 Å². The predicted molar refractivity (Wildman–Crippen MR) is 82.4 cm³/mol. The van der Waals surface area contributed by atoms with E-state index >= 15 is 0 Å². The first-order valence-corrected chi connectivity index (χ1v) is 6.78. The van der Waals surface area contributed by atoms with Crippen molar-refractivity contribution < 1.29 is 4.79 Å². The summed E-state index contributed by atoms with van der Waals surface area (Å²) in [5.41, 5.74) is 8.38. The van der Waals surface area contributed by atoms with Crippen LogP contribution in [0.4, 0.5) is 0 Å². The number of benzene rings is 2. The third kappa shape index (κ3) is 1.88. The SMILES string of the molecule is CC(=O)c1c(C)c(C)c2c(C)c(C)c(C)cc2c1C. The van der Waals surface area contributed by atoms with E-state index in [1.807, 2.05) is 0 Å². The standard InChI is InChI=1S/C18H22O/c1-9-8-16-14(6)17(15(7)19)12(4)13(5)18(16)11(3)10(9)2/h8H,1-7H3. The molecule has 2 aromatic rings. The third-order valence-electron chi connectivity index (χ3n) is 4.60. The van der Waals surface area contributed by atoms with Crippen LogP contribution in [-0.2, 0) is 0 Å². The lowest BCUT2D eigenvalue weighted by Gasteiger charge is -2.19. The van der Waals surface area contributed by atoms with E-state index < -0.39 is 0 Å². The molecule has 2 aromatic carbocycles. The van der Waals surface area contributed by atoms with Crippen LogP contribution in [0.25, 0.3) is 10.8 Å². The molecule has 0 spiro atoms. The second kappa shape index (κ2) is 4.48. The first kappa shape index (κ1) is 13.8. The van der Waals surface area contributed by atoms with Crippen molar-refractivity contribution in [1.29, 1.82) is 0 Å². The van der Waals surface area contributed by atoms with Gasteiger partial charge in [-0.05, 0) is 92.6 Å². The molecule has 0 unspecified atom stereocenters. The van der Waals surface area contributed by atoms with Crippen LogP contribution in [0.15, 0.2) is 6.07 Å². The van der Waals surface area contributed by atoms with Crippen LogP contribution in [0.1, 0.15) is 50.7 Å². The molecule has 0 heterocycles. The molecule has 0 aliphatic carbocycles. The molecule has 0 aromatic heterocycles. The topological polar surface area (TPSA) is 17.1 Å². The first-order valence-electron chi connectivity index (χ1n) is 6.78. The van der Waals surface area contributed by atoms with Crippen molar-refractivity contribution in [2.45, 2.75) is 48.5 Å². The van der Waals surface area contributed by atoms with Gasteiger partial charge >= 0.3 is 0 Å². The molecule has 100 valence electrons. The Labute approximate surface area is 115 Å². The highest BCUT2D eigenvalue weighted by Crippen LogP contribution is 2.34. The molecule has 0 fully saturated rings. The Bertz CT molecular complexity index is 706. The van der Waals surface area contributed by atoms with Crippen molar-refractivity contribution in [3.8, 4) is 0 Å². The highest BCUT2D eigenvalue weighted by Gasteiger charge is 2.17. The summed E-state index contributed by atoms with van der Waals surface area (Å²) in [6.45, 7) is 14.4. The van der Waals surface area contributed by atoms with Crippen LogP contribution in [0.5, 0.6) is 0 Å². The normalized spacial score (nSPS) is 11.1. The Morgan fingerprint density at radius 1 is 0.789 bits per heavy atom. The minimum atomic E-state index is 0.163. The van der Waals surface area contributed by atoms with E-state index in [4.69, 9.17) is 0 Å². The summed E-state index contributed by atoms with van der Waals surface area (Å²) in [6, 6.07) is 2.23. The maximum atomic E-state index is 11.9.